The number of hydrogen-bond acceptors (Lipinski definition) is 3. The summed E-state index contributed by atoms with van der Waals surface area (Å²) < 4.78 is 0. The zero-order chi connectivity index (χ0) is 14.7. The van der Waals surface area contributed by atoms with Gasteiger partial charge in [-0.1, -0.05) is 19.1 Å². The first kappa shape index (κ1) is 14.6. The number of thiophene rings is 1. The van der Waals surface area contributed by atoms with E-state index in [-0.39, 0.29) is 0 Å². The number of fused-ring (bicyclic) bond motifs is 1. The minimum atomic E-state index is 0.434. The van der Waals surface area contributed by atoms with E-state index in [0.29, 0.717) is 6.04 Å². The molecule has 0 saturated heterocycles. The largest absolute Gasteiger partial charge is 0.367 e. The third-order valence-electron chi connectivity index (χ3n) is 4.27. The summed E-state index contributed by atoms with van der Waals surface area (Å²) in [4.78, 5) is 4.06. The Balaban J connectivity index is 1.67. The maximum absolute atomic E-state index is 3.54. The van der Waals surface area contributed by atoms with Crippen LogP contribution in [0.3, 0.4) is 0 Å². The van der Waals surface area contributed by atoms with Crippen molar-refractivity contribution in [1.29, 1.82) is 0 Å². The molecule has 1 aromatic carbocycles. The third kappa shape index (κ3) is 3.30. The Kier molecular flexibility index (Phi) is 4.61. The summed E-state index contributed by atoms with van der Waals surface area (Å²) in [5.41, 5.74) is 4.23. The summed E-state index contributed by atoms with van der Waals surface area (Å²) in [5.74, 6) is 0. The second kappa shape index (κ2) is 6.63. The highest BCUT2D eigenvalue weighted by Crippen LogP contribution is 2.28. The molecule has 2 heterocycles. The second-order valence-electron chi connectivity index (χ2n) is 5.81. The Bertz CT molecular complexity index is 573. The van der Waals surface area contributed by atoms with E-state index in [1.165, 1.54) is 29.7 Å². The number of nitrogens with zero attached hydrogens (tertiary/aromatic N) is 1. The fourth-order valence-electron chi connectivity index (χ4n) is 2.92. The highest BCUT2D eigenvalue weighted by Gasteiger charge is 2.17. The molecule has 1 aliphatic heterocycles. The maximum Gasteiger partial charge on any atom is 0.0440 e. The van der Waals surface area contributed by atoms with Crippen molar-refractivity contribution in [1.82, 2.24) is 5.32 Å². The predicted octanol–water partition coefficient (Wildman–Crippen LogP) is 4.37. The van der Waals surface area contributed by atoms with Gasteiger partial charge in [0.15, 0.2) is 0 Å². The van der Waals surface area contributed by atoms with E-state index in [1.807, 2.05) is 11.3 Å². The molecule has 2 aromatic rings. The van der Waals surface area contributed by atoms with Crippen molar-refractivity contribution in [3.05, 3.63) is 51.7 Å². The predicted molar refractivity (Wildman–Crippen MR) is 92.2 cm³/mol. The molecule has 3 rings (SSSR count). The van der Waals surface area contributed by atoms with Gasteiger partial charge >= 0.3 is 0 Å². The quantitative estimate of drug-likeness (QED) is 0.882. The lowest BCUT2D eigenvalue weighted by molar-refractivity contribution is 0.570. The Morgan fingerprint density at radius 2 is 2.05 bits per heavy atom. The fraction of sp³-hybridized carbons (Fsp3) is 0.444. The second-order valence-corrected chi connectivity index (χ2v) is 6.81. The lowest BCUT2D eigenvalue weighted by atomic mass is 10.1. The van der Waals surface area contributed by atoms with Gasteiger partial charge in [0.1, 0.15) is 0 Å². The van der Waals surface area contributed by atoms with Crippen LogP contribution >= 0.6 is 11.3 Å². The first-order chi connectivity index (χ1) is 10.3. The van der Waals surface area contributed by atoms with Crippen molar-refractivity contribution in [2.24, 2.45) is 0 Å². The van der Waals surface area contributed by atoms with Gasteiger partial charge < -0.3 is 10.2 Å². The number of anilines is 1. The van der Waals surface area contributed by atoms with Gasteiger partial charge in [-0.15, -0.1) is 11.3 Å². The lowest BCUT2D eigenvalue weighted by Gasteiger charge is -2.29. The minimum absolute atomic E-state index is 0.434. The van der Waals surface area contributed by atoms with Gasteiger partial charge in [0.2, 0.25) is 0 Å². The van der Waals surface area contributed by atoms with E-state index in [2.05, 4.69) is 59.8 Å². The molecule has 0 fully saturated rings. The summed E-state index contributed by atoms with van der Waals surface area (Å²) in [6, 6.07) is 11.8. The van der Waals surface area contributed by atoms with Crippen molar-refractivity contribution < 1.29 is 0 Å². The summed E-state index contributed by atoms with van der Waals surface area (Å²) >= 11 is 1.90. The van der Waals surface area contributed by atoms with E-state index in [0.717, 1.165) is 19.6 Å². The first-order valence-electron chi connectivity index (χ1n) is 7.91. The van der Waals surface area contributed by atoms with Gasteiger partial charge in [0.05, 0.1) is 0 Å². The molecule has 0 bridgehead atoms. The average Bonchev–Trinajstić information content (AvgIpc) is 3.00. The SMILES string of the molecule is CCCNC(C)c1ccc(N2CCc3sccc3C2)cc1. The molecule has 1 aromatic heterocycles. The van der Waals surface area contributed by atoms with Crippen LogP contribution in [0.2, 0.25) is 0 Å². The Hall–Kier alpha value is -1.32. The smallest absolute Gasteiger partial charge is 0.0440 e. The van der Waals surface area contributed by atoms with Gasteiger partial charge in [-0.25, -0.2) is 0 Å². The van der Waals surface area contributed by atoms with Crippen LogP contribution < -0.4 is 10.2 Å². The van der Waals surface area contributed by atoms with E-state index in [9.17, 15) is 0 Å². The Morgan fingerprint density at radius 1 is 1.24 bits per heavy atom. The van der Waals surface area contributed by atoms with Gasteiger partial charge in [-0.3, -0.25) is 0 Å². The lowest BCUT2D eigenvalue weighted by Crippen LogP contribution is -2.29. The molecule has 112 valence electrons. The first-order valence-corrected chi connectivity index (χ1v) is 8.79. The maximum atomic E-state index is 3.54. The van der Waals surface area contributed by atoms with E-state index in [1.54, 1.807) is 4.88 Å². The Morgan fingerprint density at radius 3 is 2.81 bits per heavy atom. The molecular weight excluding hydrogens is 276 g/mol. The van der Waals surface area contributed by atoms with E-state index >= 15 is 0 Å². The van der Waals surface area contributed by atoms with Crippen molar-refractivity contribution in [3.63, 3.8) is 0 Å². The molecule has 0 spiro atoms. The average molecular weight is 300 g/mol. The number of nitrogens with one attached hydrogen (secondary N) is 1. The van der Waals surface area contributed by atoms with Gasteiger partial charge in [-0.05, 0) is 61.0 Å². The third-order valence-corrected chi connectivity index (χ3v) is 5.29. The highest BCUT2D eigenvalue weighted by molar-refractivity contribution is 7.10. The molecular formula is C18H24N2S. The number of rotatable bonds is 5. The van der Waals surface area contributed by atoms with Crippen LogP contribution in [0.4, 0.5) is 5.69 Å². The fourth-order valence-corrected chi connectivity index (χ4v) is 3.81. The van der Waals surface area contributed by atoms with Crippen LogP contribution in [0.25, 0.3) is 0 Å². The summed E-state index contributed by atoms with van der Waals surface area (Å²) in [7, 11) is 0. The number of hydrogen-bond donors (Lipinski definition) is 1. The molecule has 1 aliphatic rings. The summed E-state index contributed by atoms with van der Waals surface area (Å²) in [6.45, 7) is 7.72. The summed E-state index contributed by atoms with van der Waals surface area (Å²) in [6.07, 6.45) is 2.36. The van der Waals surface area contributed by atoms with Crippen molar-refractivity contribution in [2.45, 2.75) is 39.3 Å². The molecule has 0 aliphatic carbocycles. The topological polar surface area (TPSA) is 15.3 Å². The minimum Gasteiger partial charge on any atom is -0.367 e. The molecule has 1 unspecified atom stereocenters. The van der Waals surface area contributed by atoms with Crippen LogP contribution in [-0.4, -0.2) is 13.1 Å². The van der Waals surface area contributed by atoms with Crippen LogP contribution in [0.1, 0.15) is 42.3 Å². The van der Waals surface area contributed by atoms with E-state index < -0.39 is 0 Å². The highest BCUT2D eigenvalue weighted by atomic mass is 32.1. The molecule has 3 heteroatoms. The molecule has 0 saturated carbocycles. The van der Waals surface area contributed by atoms with Gasteiger partial charge in [0, 0.05) is 29.7 Å². The zero-order valence-electron chi connectivity index (χ0n) is 12.9. The van der Waals surface area contributed by atoms with Crippen LogP contribution in [0.15, 0.2) is 35.7 Å². The Labute approximate surface area is 131 Å². The zero-order valence-corrected chi connectivity index (χ0v) is 13.7. The molecule has 2 nitrogen and oxygen atoms in total. The standard InChI is InChI=1S/C18H24N2S/c1-3-10-19-14(2)15-4-6-17(7-5-15)20-11-8-18-16(13-20)9-12-21-18/h4-7,9,12,14,19H,3,8,10-11,13H2,1-2H3. The summed E-state index contributed by atoms with van der Waals surface area (Å²) in [5, 5.41) is 5.77. The van der Waals surface area contributed by atoms with E-state index in [4.69, 9.17) is 0 Å². The number of benzene rings is 1. The van der Waals surface area contributed by atoms with Crippen LogP contribution in [0, 0.1) is 0 Å². The normalized spacial score (nSPS) is 15.8. The van der Waals surface area contributed by atoms with Crippen LogP contribution in [0.5, 0.6) is 0 Å². The molecule has 1 N–H and O–H groups in total. The molecule has 0 amide bonds. The van der Waals surface area contributed by atoms with Crippen molar-refractivity contribution in [2.75, 3.05) is 18.0 Å². The van der Waals surface area contributed by atoms with Crippen LogP contribution in [-0.2, 0) is 13.0 Å². The van der Waals surface area contributed by atoms with Gasteiger partial charge in [0.25, 0.3) is 0 Å². The molecule has 0 radical (unpaired) electrons. The molecule has 21 heavy (non-hydrogen) atoms. The van der Waals surface area contributed by atoms with Gasteiger partial charge in [-0.2, -0.15) is 0 Å². The monoisotopic (exact) mass is 300 g/mol. The van der Waals surface area contributed by atoms with Crippen molar-refractivity contribution >= 4 is 17.0 Å². The molecule has 1 atom stereocenters. The van der Waals surface area contributed by atoms with Crippen molar-refractivity contribution in [3.8, 4) is 0 Å².